The highest BCUT2D eigenvalue weighted by molar-refractivity contribution is 6.30. The molecule has 1 aromatic heterocycles. The normalized spacial score (nSPS) is 18.9. The first-order valence-electron chi connectivity index (χ1n) is 9.55. The van der Waals surface area contributed by atoms with E-state index in [1.54, 1.807) is 6.20 Å². The van der Waals surface area contributed by atoms with Crippen molar-refractivity contribution in [3.05, 3.63) is 94.1 Å². The minimum Gasteiger partial charge on any atom is -0.352 e. The molecule has 3 nitrogen and oxygen atoms in total. The van der Waals surface area contributed by atoms with E-state index in [9.17, 15) is 0 Å². The average molecular weight is 412 g/mol. The van der Waals surface area contributed by atoms with E-state index in [4.69, 9.17) is 23.2 Å². The van der Waals surface area contributed by atoms with Crippen molar-refractivity contribution in [1.29, 1.82) is 0 Å². The molecule has 0 amide bonds. The summed E-state index contributed by atoms with van der Waals surface area (Å²) in [6.07, 6.45) is 1.72. The second kappa shape index (κ2) is 8.95. The Hall–Kier alpha value is -2.07. The lowest BCUT2D eigenvalue weighted by Crippen LogP contribution is -2.32. The van der Waals surface area contributed by atoms with Crippen LogP contribution in [0.1, 0.15) is 17.0 Å². The number of nitrogens with one attached hydrogen (secondary N) is 1. The maximum Gasteiger partial charge on any atom is 0.128 e. The highest BCUT2D eigenvalue weighted by Crippen LogP contribution is 2.31. The Morgan fingerprint density at radius 1 is 0.893 bits per heavy atom. The lowest BCUT2D eigenvalue weighted by molar-refractivity contribution is 0.503. The monoisotopic (exact) mass is 411 g/mol. The van der Waals surface area contributed by atoms with E-state index in [2.05, 4.69) is 51.6 Å². The Kier molecular flexibility index (Phi) is 6.16. The molecule has 5 heteroatoms. The number of rotatable bonds is 6. The standard InChI is InChI=1S/C23H23Cl2N3/c24-20-8-6-18(7-9-20)22-14-26-12-19(22)16-28(15-17-4-2-1-3-5-17)23-11-10-21(25)13-27-23/h1-11,13,19,22,26H,12,14-16H2. The molecule has 4 rings (SSSR count). The van der Waals surface area contributed by atoms with Crippen LogP contribution < -0.4 is 10.2 Å². The molecule has 2 unspecified atom stereocenters. The minimum atomic E-state index is 0.461. The van der Waals surface area contributed by atoms with Crippen LogP contribution in [0, 0.1) is 5.92 Å². The van der Waals surface area contributed by atoms with Crippen LogP contribution in [-0.2, 0) is 6.54 Å². The number of hydrogen-bond donors (Lipinski definition) is 1. The SMILES string of the molecule is Clc1ccc(C2CNCC2CN(Cc2ccccc2)c2ccc(Cl)cn2)cc1. The summed E-state index contributed by atoms with van der Waals surface area (Å²) in [4.78, 5) is 6.94. The first-order chi connectivity index (χ1) is 13.7. The second-order valence-electron chi connectivity index (χ2n) is 7.28. The molecule has 1 fully saturated rings. The Morgan fingerprint density at radius 3 is 2.36 bits per heavy atom. The lowest BCUT2D eigenvalue weighted by atomic mass is 9.88. The smallest absolute Gasteiger partial charge is 0.128 e. The fourth-order valence-corrected chi connectivity index (χ4v) is 4.14. The van der Waals surface area contributed by atoms with Crippen molar-refractivity contribution in [3.8, 4) is 0 Å². The first-order valence-corrected chi connectivity index (χ1v) is 10.3. The highest BCUT2D eigenvalue weighted by Gasteiger charge is 2.30. The van der Waals surface area contributed by atoms with Gasteiger partial charge in [0.2, 0.25) is 0 Å². The Bertz CT molecular complexity index is 882. The second-order valence-corrected chi connectivity index (χ2v) is 8.15. The van der Waals surface area contributed by atoms with Crippen molar-refractivity contribution in [1.82, 2.24) is 10.3 Å². The van der Waals surface area contributed by atoms with Gasteiger partial charge in [-0.2, -0.15) is 0 Å². The summed E-state index contributed by atoms with van der Waals surface area (Å²) < 4.78 is 0. The summed E-state index contributed by atoms with van der Waals surface area (Å²) in [6, 6.07) is 22.7. The summed E-state index contributed by atoms with van der Waals surface area (Å²) in [7, 11) is 0. The quantitative estimate of drug-likeness (QED) is 0.588. The van der Waals surface area contributed by atoms with Crippen LogP contribution in [0.15, 0.2) is 72.9 Å². The van der Waals surface area contributed by atoms with E-state index in [-0.39, 0.29) is 0 Å². The molecule has 1 aliphatic heterocycles. The fraction of sp³-hybridized carbons (Fsp3) is 0.261. The molecule has 1 saturated heterocycles. The van der Waals surface area contributed by atoms with Crippen molar-refractivity contribution < 1.29 is 0 Å². The molecule has 1 aliphatic rings. The van der Waals surface area contributed by atoms with Gasteiger partial charge in [-0.3, -0.25) is 0 Å². The van der Waals surface area contributed by atoms with E-state index in [0.29, 0.717) is 16.9 Å². The Labute approximate surface area is 176 Å². The van der Waals surface area contributed by atoms with Gasteiger partial charge in [0.25, 0.3) is 0 Å². The van der Waals surface area contributed by atoms with E-state index >= 15 is 0 Å². The number of benzene rings is 2. The minimum absolute atomic E-state index is 0.461. The zero-order valence-corrected chi connectivity index (χ0v) is 17.1. The van der Waals surface area contributed by atoms with Crippen molar-refractivity contribution in [2.75, 3.05) is 24.5 Å². The van der Waals surface area contributed by atoms with Gasteiger partial charge in [0, 0.05) is 43.3 Å². The van der Waals surface area contributed by atoms with Gasteiger partial charge < -0.3 is 10.2 Å². The van der Waals surface area contributed by atoms with Crippen LogP contribution in [0.5, 0.6) is 0 Å². The Morgan fingerprint density at radius 2 is 1.64 bits per heavy atom. The van der Waals surface area contributed by atoms with Gasteiger partial charge in [-0.1, -0.05) is 65.7 Å². The fourth-order valence-electron chi connectivity index (χ4n) is 3.91. The molecule has 0 spiro atoms. The van der Waals surface area contributed by atoms with Crippen LogP contribution in [-0.4, -0.2) is 24.6 Å². The van der Waals surface area contributed by atoms with Crippen LogP contribution in [0.2, 0.25) is 10.0 Å². The van der Waals surface area contributed by atoms with E-state index in [0.717, 1.165) is 37.0 Å². The maximum absolute atomic E-state index is 6.08. The largest absolute Gasteiger partial charge is 0.352 e. The number of hydrogen-bond acceptors (Lipinski definition) is 3. The Balaban J connectivity index is 1.57. The molecular formula is C23H23Cl2N3. The van der Waals surface area contributed by atoms with Crippen molar-refractivity contribution in [3.63, 3.8) is 0 Å². The number of nitrogens with zero attached hydrogens (tertiary/aromatic N) is 2. The summed E-state index contributed by atoms with van der Waals surface area (Å²) in [5.41, 5.74) is 2.61. The first kappa shape index (κ1) is 19.3. The zero-order valence-electron chi connectivity index (χ0n) is 15.6. The van der Waals surface area contributed by atoms with Crippen LogP contribution in [0.4, 0.5) is 5.82 Å². The third kappa shape index (κ3) is 4.67. The van der Waals surface area contributed by atoms with E-state index in [1.807, 2.05) is 30.3 Å². The molecule has 2 atom stereocenters. The highest BCUT2D eigenvalue weighted by atomic mass is 35.5. The average Bonchev–Trinajstić information content (AvgIpc) is 3.18. The molecule has 0 bridgehead atoms. The van der Waals surface area contributed by atoms with Gasteiger partial charge in [-0.15, -0.1) is 0 Å². The van der Waals surface area contributed by atoms with Gasteiger partial charge in [0.05, 0.1) is 5.02 Å². The van der Waals surface area contributed by atoms with Gasteiger partial charge in [-0.25, -0.2) is 4.98 Å². The molecule has 1 N–H and O–H groups in total. The molecule has 2 heterocycles. The van der Waals surface area contributed by atoms with Gasteiger partial charge >= 0.3 is 0 Å². The summed E-state index contributed by atoms with van der Waals surface area (Å²) >= 11 is 12.1. The molecule has 0 aliphatic carbocycles. The molecular weight excluding hydrogens is 389 g/mol. The number of anilines is 1. The van der Waals surface area contributed by atoms with Gasteiger partial charge in [0.1, 0.15) is 5.82 Å². The number of halogens is 2. The summed E-state index contributed by atoms with van der Waals surface area (Å²) in [5.74, 6) is 1.90. The maximum atomic E-state index is 6.08. The van der Waals surface area contributed by atoms with Crippen molar-refractivity contribution in [2.24, 2.45) is 5.92 Å². The molecule has 0 saturated carbocycles. The van der Waals surface area contributed by atoms with E-state index in [1.165, 1.54) is 11.1 Å². The van der Waals surface area contributed by atoms with Crippen LogP contribution in [0.3, 0.4) is 0 Å². The third-order valence-electron chi connectivity index (χ3n) is 5.34. The number of aromatic nitrogens is 1. The molecule has 2 aromatic carbocycles. The molecule has 28 heavy (non-hydrogen) atoms. The molecule has 3 aromatic rings. The zero-order chi connectivity index (χ0) is 19.3. The summed E-state index contributed by atoms with van der Waals surface area (Å²) in [5, 5.41) is 5.00. The predicted molar refractivity (Wildman–Crippen MR) is 117 cm³/mol. The predicted octanol–water partition coefficient (Wildman–Crippen LogP) is 5.40. The third-order valence-corrected chi connectivity index (χ3v) is 5.82. The van der Waals surface area contributed by atoms with Gasteiger partial charge in [0.15, 0.2) is 0 Å². The topological polar surface area (TPSA) is 28.2 Å². The van der Waals surface area contributed by atoms with Crippen LogP contribution in [0.25, 0.3) is 0 Å². The van der Waals surface area contributed by atoms with E-state index < -0.39 is 0 Å². The summed E-state index contributed by atoms with van der Waals surface area (Å²) in [6.45, 7) is 3.72. The molecule has 0 radical (unpaired) electrons. The van der Waals surface area contributed by atoms with Crippen LogP contribution >= 0.6 is 23.2 Å². The number of pyridine rings is 1. The van der Waals surface area contributed by atoms with Gasteiger partial charge in [-0.05, 0) is 41.3 Å². The molecule has 144 valence electrons. The lowest BCUT2D eigenvalue weighted by Gasteiger charge is -2.29. The van der Waals surface area contributed by atoms with Crippen molar-refractivity contribution >= 4 is 29.0 Å². The van der Waals surface area contributed by atoms with Crippen molar-refractivity contribution in [2.45, 2.75) is 12.5 Å².